The van der Waals surface area contributed by atoms with Gasteiger partial charge in [-0.05, 0) is 12.1 Å². The van der Waals surface area contributed by atoms with E-state index >= 15 is 0 Å². The summed E-state index contributed by atoms with van der Waals surface area (Å²) in [5.41, 5.74) is 0.984. The Hall–Kier alpha value is -1.78. The van der Waals surface area contributed by atoms with Gasteiger partial charge in [0.1, 0.15) is 5.75 Å². The van der Waals surface area contributed by atoms with Gasteiger partial charge in [-0.2, -0.15) is 0 Å². The van der Waals surface area contributed by atoms with Gasteiger partial charge in [0.15, 0.2) is 4.47 Å². The summed E-state index contributed by atoms with van der Waals surface area (Å²) >= 11 is 7.26. The van der Waals surface area contributed by atoms with Crippen LogP contribution in [0.5, 0.6) is 5.75 Å². The first kappa shape index (κ1) is 12.3. The number of phenolic OH excluding ortho intramolecular Hbond substituents is 1. The van der Waals surface area contributed by atoms with Crippen molar-refractivity contribution >= 4 is 39.4 Å². The number of aromatic nitrogens is 1. The molecule has 0 aliphatic heterocycles. The van der Waals surface area contributed by atoms with E-state index in [1.165, 1.54) is 11.3 Å². The number of halogens is 1. The first-order valence-corrected chi connectivity index (χ1v) is 6.98. The molecule has 0 amide bonds. The summed E-state index contributed by atoms with van der Waals surface area (Å²) in [5, 5.41) is 15.0. The molecule has 0 aliphatic rings. The number of hydrogen-bond acceptors (Lipinski definition) is 4. The third kappa shape index (κ3) is 2.50. The Labute approximate surface area is 119 Å². The van der Waals surface area contributed by atoms with E-state index < -0.39 is 0 Å². The van der Waals surface area contributed by atoms with E-state index in [9.17, 15) is 5.11 Å². The first-order valence-electron chi connectivity index (χ1n) is 5.79. The molecule has 3 nitrogen and oxygen atoms in total. The van der Waals surface area contributed by atoms with Crippen LogP contribution in [0.1, 0.15) is 4.88 Å². The number of anilines is 1. The van der Waals surface area contributed by atoms with Gasteiger partial charge in [0.2, 0.25) is 0 Å². The van der Waals surface area contributed by atoms with E-state index in [4.69, 9.17) is 11.6 Å². The number of nitrogens with one attached hydrogen (secondary N) is 1. The fraction of sp³-hybridized carbons (Fsp3) is 0.0714. The monoisotopic (exact) mass is 290 g/mol. The highest BCUT2D eigenvalue weighted by Crippen LogP contribution is 2.30. The molecule has 5 heteroatoms. The third-order valence-corrected chi connectivity index (χ3v) is 3.99. The van der Waals surface area contributed by atoms with Crippen molar-refractivity contribution in [3.63, 3.8) is 0 Å². The van der Waals surface area contributed by atoms with Crippen molar-refractivity contribution in [3.8, 4) is 5.75 Å². The second-order valence-electron chi connectivity index (χ2n) is 4.11. The standard InChI is InChI=1S/C14H11ClN2OS/c15-14-17-8-9(19-14)7-16-12-5-1-4-11-10(12)3-2-6-13(11)18/h1-6,8,16,18H,7H2. The molecule has 0 fully saturated rings. The molecule has 0 atom stereocenters. The molecule has 0 bridgehead atoms. The molecule has 19 heavy (non-hydrogen) atoms. The fourth-order valence-corrected chi connectivity index (χ4v) is 2.91. The minimum atomic E-state index is 0.294. The Balaban J connectivity index is 1.91. The molecule has 1 aromatic heterocycles. The molecule has 2 aromatic carbocycles. The van der Waals surface area contributed by atoms with Crippen LogP contribution in [0, 0.1) is 0 Å². The van der Waals surface area contributed by atoms with Crippen LogP contribution in [0.25, 0.3) is 10.8 Å². The van der Waals surface area contributed by atoms with E-state index in [0.717, 1.165) is 21.3 Å². The summed E-state index contributed by atoms with van der Waals surface area (Å²) in [6, 6.07) is 11.3. The smallest absolute Gasteiger partial charge is 0.183 e. The van der Waals surface area contributed by atoms with Crippen LogP contribution in [0.3, 0.4) is 0 Å². The highest BCUT2D eigenvalue weighted by molar-refractivity contribution is 7.15. The molecule has 96 valence electrons. The van der Waals surface area contributed by atoms with Gasteiger partial charge in [-0.15, -0.1) is 11.3 Å². The normalized spacial score (nSPS) is 10.8. The zero-order valence-electron chi connectivity index (χ0n) is 9.93. The highest BCUT2D eigenvalue weighted by atomic mass is 35.5. The maximum atomic E-state index is 9.83. The zero-order chi connectivity index (χ0) is 13.2. The van der Waals surface area contributed by atoms with E-state index in [1.54, 1.807) is 12.3 Å². The van der Waals surface area contributed by atoms with Gasteiger partial charge in [0.25, 0.3) is 0 Å². The van der Waals surface area contributed by atoms with Gasteiger partial charge in [-0.3, -0.25) is 0 Å². The number of aromatic hydroxyl groups is 1. The molecule has 0 saturated heterocycles. The number of benzene rings is 2. The zero-order valence-corrected chi connectivity index (χ0v) is 11.5. The molecule has 0 radical (unpaired) electrons. The lowest BCUT2D eigenvalue weighted by molar-refractivity contribution is 0.481. The number of nitrogens with zero attached hydrogens (tertiary/aromatic N) is 1. The van der Waals surface area contributed by atoms with Crippen LogP contribution in [0.4, 0.5) is 5.69 Å². The predicted octanol–water partition coefficient (Wildman–Crippen LogP) is 4.27. The van der Waals surface area contributed by atoms with Gasteiger partial charge in [0.05, 0.1) is 6.54 Å². The summed E-state index contributed by atoms with van der Waals surface area (Å²) < 4.78 is 0.548. The molecule has 0 saturated carbocycles. The summed E-state index contributed by atoms with van der Waals surface area (Å²) in [6.45, 7) is 0.666. The maximum absolute atomic E-state index is 9.83. The second-order valence-corrected chi connectivity index (χ2v) is 5.81. The Morgan fingerprint density at radius 3 is 2.74 bits per heavy atom. The molecule has 2 N–H and O–H groups in total. The Bertz CT molecular complexity index is 726. The summed E-state index contributed by atoms with van der Waals surface area (Å²) in [6.07, 6.45) is 1.77. The molecule has 0 unspecified atom stereocenters. The molecule has 0 aliphatic carbocycles. The van der Waals surface area contributed by atoms with Crippen molar-refractivity contribution in [2.45, 2.75) is 6.54 Å². The maximum Gasteiger partial charge on any atom is 0.183 e. The van der Waals surface area contributed by atoms with Crippen molar-refractivity contribution in [1.29, 1.82) is 0 Å². The van der Waals surface area contributed by atoms with Crippen LogP contribution >= 0.6 is 22.9 Å². The van der Waals surface area contributed by atoms with Crippen LogP contribution in [0.2, 0.25) is 4.47 Å². The topological polar surface area (TPSA) is 45.1 Å². The average Bonchev–Trinajstić information content (AvgIpc) is 2.83. The van der Waals surface area contributed by atoms with E-state index in [0.29, 0.717) is 16.8 Å². The third-order valence-electron chi connectivity index (χ3n) is 2.88. The van der Waals surface area contributed by atoms with Crippen LogP contribution in [0.15, 0.2) is 42.6 Å². The summed E-state index contributed by atoms with van der Waals surface area (Å²) in [7, 11) is 0. The summed E-state index contributed by atoms with van der Waals surface area (Å²) in [4.78, 5) is 5.08. The van der Waals surface area contributed by atoms with Gasteiger partial charge < -0.3 is 10.4 Å². The Morgan fingerprint density at radius 2 is 1.95 bits per heavy atom. The SMILES string of the molecule is Oc1cccc2c(NCc3cnc(Cl)s3)cccc12. The molecular weight excluding hydrogens is 280 g/mol. The highest BCUT2D eigenvalue weighted by Gasteiger charge is 2.05. The molecule has 0 spiro atoms. The number of hydrogen-bond donors (Lipinski definition) is 2. The predicted molar refractivity (Wildman–Crippen MR) is 80.1 cm³/mol. The van der Waals surface area contributed by atoms with Crippen molar-refractivity contribution in [2.24, 2.45) is 0 Å². The van der Waals surface area contributed by atoms with Crippen LogP contribution < -0.4 is 5.32 Å². The minimum absolute atomic E-state index is 0.294. The lowest BCUT2D eigenvalue weighted by Gasteiger charge is -2.09. The van der Waals surface area contributed by atoms with Gasteiger partial charge in [0, 0.05) is 27.5 Å². The van der Waals surface area contributed by atoms with Gasteiger partial charge in [-0.1, -0.05) is 35.9 Å². The summed E-state index contributed by atoms with van der Waals surface area (Å²) in [5.74, 6) is 0.294. The first-order chi connectivity index (χ1) is 9.24. The van der Waals surface area contributed by atoms with Crippen LogP contribution in [-0.2, 0) is 6.54 Å². The molecule has 3 aromatic rings. The van der Waals surface area contributed by atoms with Crippen molar-refractivity contribution < 1.29 is 5.11 Å². The fourth-order valence-electron chi connectivity index (χ4n) is 2.00. The number of rotatable bonds is 3. The minimum Gasteiger partial charge on any atom is -0.507 e. The van der Waals surface area contributed by atoms with E-state index in [-0.39, 0.29) is 0 Å². The molecular formula is C14H11ClN2OS. The second kappa shape index (κ2) is 5.07. The number of fused-ring (bicyclic) bond motifs is 1. The average molecular weight is 291 g/mol. The van der Waals surface area contributed by atoms with Gasteiger partial charge >= 0.3 is 0 Å². The number of thiazole rings is 1. The Kier molecular flexibility index (Phi) is 3.27. The molecule has 3 rings (SSSR count). The quantitative estimate of drug-likeness (QED) is 0.757. The van der Waals surface area contributed by atoms with Gasteiger partial charge in [-0.25, -0.2) is 4.98 Å². The van der Waals surface area contributed by atoms with Crippen molar-refractivity contribution in [1.82, 2.24) is 4.98 Å². The van der Waals surface area contributed by atoms with Crippen LogP contribution in [-0.4, -0.2) is 10.1 Å². The Morgan fingerprint density at radius 1 is 1.16 bits per heavy atom. The largest absolute Gasteiger partial charge is 0.507 e. The lowest BCUT2D eigenvalue weighted by atomic mass is 10.1. The molecule has 1 heterocycles. The van der Waals surface area contributed by atoms with Crippen molar-refractivity contribution in [2.75, 3.05) is 5.32 Å². The lowest BCUT2D eigenvalue weighted by Crippen LogP contribution is -1.97. The number of phenols is 1. The van der Waals surface area contributed by atoms with E-state index in [1.807, 2.05) is 30.3 Å². The van der Waals surface area contributed by atoms with Crippen molar-refractivity contribution in [3.05, 3.63) is 51.9 Å². The van der Waals surface area contributed by atoms with E-state index in [2.05, 4.69) is 10.3 Å².